The summed E-state index contributed by atoms with van der Waals surface area (Å²) in [7, 11) is 0. The second-order valence-corrected chi connectivity index (χ2v) is 6.70. The molecule has 0 radical (unpaired) electrons. The van der Waals surface area contributed by atoms with Crippen LogP contribution in [0.1, 0.15) is 18.9 Å². The van der Waals surface area contributed by atoms with Crippen LogP contribution >= 0.6 is 0 Å². The Morgan fingerprint density at radius 1 is 1.54 bits per heavy atom. The van der Waals surface area contributed by atoms with Crippen LogP contribution in [0.4, 0.5) is 4.39 Å². The van der Waals surface area contributed by atoms with Gasteiger partial charge in [-0.3, -0.25) is 9.48 Å². The van der Waals surface area contributed by atoms with Gasteiger partial charge in [0.25, 0.3) is 5.91 Å². The first kappa shape index (κ1) is 20.0. The number of nitrogens with zero attached hydrogens (tertiary/aromatic N) is 3. The largest absolute Gasteiger partial charge is 0.367 e. The molecule has 1 saturated heterocycles. The van der Waals surface area contributed by atoms with Crippen LogP contribution in [0, 0.1) is 17.1 Å². The fourth-order valence-electron chi connectivity index (χ4n) is 3.07. The van der Waals surface area contributed by atoms with E-state index in [1.54, 1.807) is 23.0 Å². The third-order valence-electron chi connectivity index (χ3n) is 4.68. The number of carbonyl (C=O) groups excluding carboxylic acids is 1. The highest BCUT2D eigenvalue weighted by Crippen LogP contribution is 2.22. The summed E-state index contributed by atoms with van der Waals surface area (Å²) >= 11 is 0. The Labute approximate surface area is 163 Å². The van der Waals surface area contributed by atoms with Gasteiger partial charge in [0.15, 0.2) is 0 Å². The third-order valence-corrected chi connectivity index (χ3v) is 4.68. The molecule has 1 aromatic heterocycles. The van der Waals surface area contributed by atoms with E-state index in [0.717, 1.165) is 30.6 Å². The zero-order valence-corrected chi connectivity index (χ0v) is 15.8. The van der Waals surface area contributed by atoms with Crippen LogP contribution in [-0.4, -0.2) is 47.5 Å². The quantitative estimate of drug-likeness (QED) is 0.789. The van der Waals surface area contributed by atoms with Gasteiger partial charge in [0.2, 0.25) is 0 Å². The number of carbonyl (C=O) groups is 1. The monoisotopic (exact) mass is 385 g/mol. The van der Waals surface area contributed by atoms with E-state index in [4.69, 9.17) is 4.74 Å². The highest BCUT2D eigenvalue weighted by Gasteiger charge is 2.24. The lowest BCUT2D eigenvalue weighted by molar-refractivity contribution is -0.132. The van der Waals surface area contributed by atoms with Crippen LogP contribution in [0.2, 0.25) is 0 Å². The summed E-state index contributed by atoms with van der Waals surface area (Å²) in [5, 5.41) is 19.4. The lowest BCUT2D eigenvalue weighted by Gasteiger charge is -2.18. The number of aromatic nitrogens is 2. The minimum absolute atomic E-state index is 0.0860. The maximum Gasteiger partial charge on any atom is 0.251 e. The third kappa shape index (κ3) is 4.94. The Morgan fingerprint density at radius 3 is 3.11 bits per heavy atom. The molecule has 0 aliphatic carbocycles. The van der Waals surface area contributed by atoms with Gasteiger partial charge in [-0.05, 0) is 37.1 Å². The molecule has 0 bridgehead atoms. The fourth-order valence-corrected chi connectivity index (χ4v) is 3.07. The zero-order valence-electron chi connectivity index (χ0n) is 15.8. The van der Waals surface area contributed by atoms with Crippen molar-refractivity contribution in [1.29, 1.82) is 5.26 Å². The van der Waals surface area contributed by atoms with Crippen molar-refractivity contribution in [3.05, 3.63) is 42.0 Å². The van der Waals surface area contributed by atoms with Gasteiger partial charge < -0.3 is 15.4 Å². The number of amides is 1. The summed E-state index contributed by atoms with van der Waals surface area (Å²) in [5.41, 5.74) is 1.92. The highest BCUT2D eigenvalue weighted by molar-refractivity contribution is 5.81. The summed E-state index contributed by atoms with van der Waals surface area (Å²) in [6, 6.07) is 6.08. The molecule has 148 valence electrons. The number of hydrogen-bond acceptors (Lipinski definition) is 5. The maximum atomic E-state index is 14.6. The summed E-state index contributed by atoms with van der Waals surface area (Å²) < 4.78 is 21.8. The molecule has 1 fully saturated rings. The maximum absolute atomic E-state index is 14.6. The summed E-state index contributed by atoms with van der Waals surface area (Å²) in [5.74, 6) is -0.770. The van der Waals surface area contributed by atoms with Gasteiger partial charge in [0.05, 0.1) is 12.3 Å². The topological polar surface area (TPSA) is 92.0 Å². The highest BCUT2D eigenvalue weighted by atomic mass is 19.1. The van der Waals surface area contributed by atoms with Crippen molar-refractivity contribution in [3.63, 3.8) is 0 Å². The molecule has 0 saturated carbocycles. The van der Waals surface area contributed by atoms with E-state index in [1.165, 1.54) is 6.07 Å². The number of nitrogens with one attached hydrogen (secondary N) is 2. The van der Waals surface area contributed by atoms with E-state index in [2.05, 4.69) is 15.7 Å². The van der Waals surface area contributed by atoms with Gasteiger partial charge in [-0.1, -0.05) is 12.1 Å². The summed E-state index contributed by atoms with van der Waals surface area (Å²) in [6.07, 6.45) is 3.83. The van der Waals surface area contributed by atoms with Crippen molar-refractivity contribution < 1.29 is 13.9 Å². The first-order valence-corrected chi connectivity index (χ1v) is 9.44. The van der Waals surface area contributed by atoms with Crippen molar-refractivity contribution in [3.8, 4) is 17.2 Å². The molecule has 1 aromatic carbocycles. The number of hydrogen-bond donors (Lipinski definition) is 2. The molecule has 1 aliphatic heterocycles. The number of aryl methyl sites for hydroxylation is 1. The van der Waals surface area contributed by atoms with Gasteiger partial charge in [-0.15, -0.1) is 0 Å². The Hall–Kier alpha value is -2.76. The first-order chi connectivity index (χ1) is 13.6. The number of benzene rings is 1. The van der Waals surface area contributed by atoms with Crippen LogP contribution in [0.15, 0.2) is 30.6 Å². The van der Waals surface area contributed by atoms with E-state index in [1.807, 2.05) is 19.2 Å². The molecule has 2 heterocycles. The minimum atomic E-state index is -0.831. The van der Waals surface area contributed by atoms with Crippen LogP contribution in [0.5, 0.6) is 0 Å². The number of halogens is 1. The summed E-state index contributed by atoms with van der Waals surface area (Å²) in [4.78, 5) is 12.3. The van der Waals surface area contributed by atoms with E-state index in [-0.39, 0.29) is 12.3 Å². The number of rotatable bonds is 6. The van der Waals surface area contributed by atoms with Crippen molar-refractivity contribution in [2.24, 2.45) is 0 Å². The molecule has 2 atom stereocenters. The molecular weight excluding hydrogens is 361 g/mol. The van der Waals surface area contributed by atoms with Crippen molar-refractivity contribution in [2.75, 3.05) is 19.7 Å². The van der Waals surface area contributed by atoms with Crippen LogP contribution in [0.25, 0.3) is 11.1 Å². The molecule has 3 rings (SSSR count). The Bertz CT molecular complexity index is 853. The predicted molar refractivity (Wildman–Crippen MR) is 102 cm³/mol. The van der Waals surface area contributed by atoms with Crippen LogP contribution in [0.3, 0.4) is 0 Å². The van der Waals surface area contributed by atoms with E-state index in [9.17, 15) is 14.4 Å². The first-order valence-electron chi connectivity index (χ1n) is 9.44. The zero-order chi connectivity index (χ0) is 19.9. The van der Waals surface area contributed by atoms with E-state index < -0.39 is 18.0 Å². The van der Waals surface area contributed by atoms with Gasteiger partial charge in [0, 0.05) is 37.9 Å². The van der Waals surface area contributed by atoms with E-state index in [0.29, 0.717) is 18.7 Å². The average molecular weight is 385 g/mol. The molecule has 2 N–H and O–H groups in total. The van der Waals surface area contributed by atoms with Gasteiger partial charge in [0.1, 0.15) is 18.0 Å². The SMILES string of the molecule is CCn1cc(-c2ccc(CC(C#N)NC(=O)[C@@H]3CNCCCO3)c(F)c2)cn1. The molecular formula is C20H24FN5O2. The molecule has 1 unspecified atom stereocenters. The normalized spacial score (nSPS) is 18.1. The average Bonchev–Trinajstić information content (AvgIpc) is 3.02. The van der Waals surface area contributed by atoms with Gasteiger partial charge in [-0.2, -0.15) is 10.4 Å². The molecule has 0 spiro atoms. The molecule has 7 nitrogen and oxygen atoms in total. The lowest BCUT2D eigenvalue weighted by Crippen LogP contribution is -2.46. The Morgan fingerprint density at radius 2 is 2.39 bits per heavy atom. The Kier molecular flexibility index (Phi) is 6.74. The lowest BCUT2D eigenvalue weighted by atomic mass is 10.0. The predicted octanol–water partition coefficient (Wildman–Crippen LogP) is 1.64. The second-order valence-electron chi connectivity index (χ2n) is 6.70. The fraction of sp³-hybridized carbons (Fsp3) is 0.450. The standard InChI is InChI=1S/C20H24FN5O2/c1-2-26-13-16(11-24-26)14-4-5-15(18(21)9-14)8-17(10-22)25-20(27)19-12-23-6-3-7-28-19/h4-5,9,11,13,17,19,23H,2-3,6-8,12H2,1H3,(H,25,27)/t17?,19-/m0/s1. The number of nitriles is 1. The molecule has 8 heteroatoms. The van der Waals surface area contributed by atoms with Crippen molar-refractivity contribution >= 4 is 5.91 Å². The van der Waals surface area contributed by atoms with Crippen molar-refractivity contribution in [2.45, 2.75) is 38.5 Å². The second kappa shape index (κ2) is 9.44. The smallest absolute Gasteiger partial charge is 0.251 e. The molecule has 1 amide bonds. The van der Waals surface area contributed by atoms with Gasteiger partial charge in [-0.25, -0.2) is 4.39 Å². The summed E-state index contributed by atoms with van der Waals surface area (Å²) in [6.45, 7) is 4.41. The Balaban J connectivity index is 1.65. The van der Waals surface area contributed by atoms with Gasteiger partial charge >= 0.3 is 0 Å². The molecule has 1 aliphatic rings. The number of ether oxygens (including phenoxy) is 1. The van der Waals surface area contributed by atoms with Crippen LogP contribution < -0.4 is 10.6 Å². The molecule has 2 aromatic rings. The minimum Gasteiger partial charge on any atom is -0.367 e. The molecule has 28 heavy (non-hydrogen) atoms. The van der Waals surface area contributed by atoms with Crippen LogP contribution in [-0.2, 0) is 22.5 Å². The van der Waals surface area contributed by atoms with E-state index >= 15 is 0 Å². The van der Waals surface area contributed by atoms with Crippen molar-refractivity contribution in [1.82, 2.24) is 20.4 Å².